The number of nitrogens with zero attached hydrogens (tertiary/aromatic N) is 3. The Kier molecular flexibility index (Phi) is 4.19. The molecule has 0 atom stereocenters. The Labute approximate surface area is 109 Å². The smallest absolute Gasteiger partial charge is 0.238 e. The molecule has 2 saturated heterocycles. The van der Waals surface area contributed by atoms with Crippen LogP contribution in [0, 0.1) is 0 Å². The summed E-state index contributed by atoms with van der Waals surface area (Å²) in [6.45, 7) is 2.92. The van der Waals surface area contributed by atoms with E-state index in [1.54, 1.807) is 7.05 Å². The summed E-state index contributed by atoms with van der Waals surface area (Å²) in [5, 5.41) is 5.38. The third-order valence-electron chi connectivity index (χ3n) is 2.53. The summed E-state index contributed by atoms with van der Waals surface area (Å²) >= 11 is 6.62. The van der Waals surface area contributed by atoms with Gasteiger partial charge in [0.25, 0.3) is 0 Å². The first-order valence-corrected chi connectivity index (χ1v) is 6.67. The Bertz CT molecular complexity index is 355. The van der Waals surface area contributed by atoms with Crippen molar-refractivity contribution in [3.05, 3.63) is 0 Å². The Morgan fingerprint density at radius 3 is 2.82 bits per heavy atom. The number of carbonyl (C=O) groups is 1. The number of thiocarbonyl (C=S) groups is 1. The van der Waals surface area contributed by atoms with E-state index < -0.39 is 0 Å². The van der Waals surface area contributed by atoms with Crippen molar-refractivity contribution in [2.24, 2.45) is 5.10 Å². The van der Waals surface area contributed by atoms with Crippen molar-refractivity contribution >= 4 is 40.2 Å². The van der Waals surface area contributed by atoms with Crippen LogP contribution in [-0.4, -0.2) is 65.1 Å². The van der Waals surface area contributed by atoms with Crippen LogP contribution in [-0.2, 0) is 9.53 Å². The highest BCUT2D eigenvalue weighted by Gasteiger charge is 2.24. The number of nitrogens with one attached hydrogen (secondary N) is 1. The molecule has 0 aromatic rings. The molecule has 0 aromatic carbocycles. The van der Waals surface area contributed by atoms with E-state index in [1.165, 1.54) is 16.7 Å². The fourth-order valence-electron chi connectivity index (χ4n) is 1.47. The van der Waals surface area contributed by atoms with E-state index in [2.05, 4.69) is 10.5 Å². The molecule has 0 aliphatic carbocycles. The van der Waals surface area contributed by atoms with Crippen LogP contribution in [0.5, 0.6) is 0 Å². The van der Waals surface area contributed by atoms with Gasteiger partial charge >= 0.3 is 0 Å². The van der Waals surface area contributed by atoms with E-state index in [4.69, 9.17) is 17.0 Å². The van der Waals surface area contributed by atoms with Gasteiger partial charge in [-0.1, -0.05) is 11.8 Å². The number of carbonyl (C=O) groups excluding carboxylic acids is 1. The Balaban J connectivity index is 1.86. The number of ether oxygens (including phenoxy) is 1. The van der Waals surface area contributed by atoms with E-state index >= 15 is 0 Å². The lowest BCUT2D eigenvalue weighted by Crippen LogP contribution is -2.45. The summed E-state index contributed by atoms with van der Waals surface area (Å²) in [5.74, 6) is 0.509. The van der Waals surface area contributed by atoms with Crippen molar-refractivity contribution in [1.29, 1.82) is 0 Å². The lowest BCUT2D eigenvalue weighted by molar-refractivity contribution is -0.123. The maximum Gasteiger partial charge on any atom is 0.238 e. The monoisotopic (exact) mass is 274 g/mol. The van der Waals surface area contributed by atoms with Gasteiger partial charge in [0.05, 0.1) is 19.0 Å². The molecule has 0 aromatic heterocycles. The highest BCUT2D eigenvalue weighted by atomic mass is 32.2. The summed E-state index contributed by atoms with van der Waals surface area (Å²) < 4.78 is 5.24. The van der Waals surface area contributed by atoms with E-state index in [1.807, 2.05) is 4.90 Å². The second-order valence-electron chi connectivity index (χ2n) is 3.65. The second-order valence-corrected chi connectivity index (χ2v) is 4.98. The maximum atomic E-state index is 11.3. The predicted octanol–water partition coefficient (Wildman–Crippen LogP) is -0.331. The predicted molar refractivity (Wildman–Crippen MR) is 70.8 cm³/mol. The van der Waals surface area contributed by atoms with Crippen molar-refractivity contribution in [3.63, 3.8) is 0 Å². The molecule has 2 aliphatic rings. The number of amides is 1. The number of rotatable bonds is 1. The van der Waals surface area contributed by atoms with Crippen molar-refractivity contribution in [3.8, 4) is 0 Å². The number of hydrazone groups is 1. The topological polar surface area (TPSA) is 57.2 Å². The number of thioether (sulfide) groups is 1. The third kappa shape index (κ3) is 3.08. The standard InChI is InChI=1S/C9H14N4O2S2/c1-12-7(14)6-17-9(12)11-10-8(16)13-2-4-15-5-3-13/h2-6H2,1H3,(H,10,16)/b11-9+. The van der Waals surface area contributed by atoms with Gasteiger partial charge in [0.15, 0.2) is 10.3 Å². The van der Waals surface area contributed by atoms with Crippen molar-refractivity contribution < 1.29 is 9.53 Å². The van der Waals surface area contributed by atoms with Crippen LogP contribution in [0.4, 0.5) is 0 Å². The molecule has 0 radical (unpaired) electrons. The van der Waals surface area contributed by atoms with Gasteiger partial charge in [0.2, 0.25) is 5.91 Å². The van der Waals surface area contributed by atoms with Gasteiger partial charge in [0.1, 0.15) is 0 Å². The lowest BCUT2D eigenvalue weighted by Gasteiger charge is -2.28. The number of hydrogen-bond donors (Lipinski definition) is 1. The molecular formula is C9H14N4O2S2. The minimum atomic E-state index is 0.0628. The van der Waals surface area contributed by atoms with Crippen molar-refractivity contribution in [2.45, 2.75) is 0 Å². The first kappa shape index (κ1) is 12.6. The zero-order valence-electron chi connectivity index (χ0n) is 9.51. The summed E-state index contributed by atoms with van der Waals surface area (Å²) in [7, 11) is 1.71. The molecule has 17 heavy (non-hydrogen) atoms. The fraction of sp³-hybridized carbons (Fsp3) is 0.667. The first-order valence-electron chi connectivity index (χ1n) is 5.28. The lowest BCUT2D eigenvalue weighted by atomic mass is 10.5. The number of amidine groups is 1. The van der Waals surface area contributed by atoms with Crippen LogP contribution in [0.25, 0.3) is 0 Å². The SMILES string of the molecule is CN1C(=O)CS/C1=N/NC(=S)N1CCOCC1. The van der Waals surface area contributed by atoms with Crippen LogP contribution in [0.2, 0.25) is 0 Å². The molecule has 2 rings (SSSR count). The Hall–Kier alpha value is -0.860. The molecule has 0 unspecified atom stereocenters. The maximum absolute atomic E-state index is 11.3. The Morgan fingerprint density at radius 2 is 2.24 bits per heavy atom. The molecule has 8 heteroatoms. The van der Waals surface area contributed by atoms with Gasteiger partial charge in [-0.3, -0.25) is 15.1 Å². The molecule has 0 bridgehead atoms. The molecule has 6 nitrogen and oxygen atoms in total. The largest absolute Gasteiger partial charge is 0.378 e. The minimum Gasteiger partial charge on any atom is -0.378 e. The van der Waals surface area contributed by atoms with E-state index in [0.29, 0.717) is 29.2 Å². The molecule has 0 spiro atoms. The zero-order chi connectivity index (χ0) is 12.3. The summed E-state index contributed by atoms with van der Waals surface area (Å²) in [6.07, 6.45) is 0. The normalized spacial score (nSPS) is 23.4. The average molecular weight is 274 g/mol. The van der Waals surface area contributed by atoms with Gasteiger partial charge in [-0.05, 0) is 12.2 Å². The number of morpholine rings is 1. The van der Waals surface area contributed by atoms with Gasteiger partial charge < -0.3 is 9.64 Å². The van der Waals surface area contributed by atoms with Gasteiger partial charge in [0, 0.05) is 20.1 Å². The fourth-order valence-corrected chi connectivity index (χ4v) is 2.55. The highest BCUT2D eigenvalue weighted by Crippen LogP contribution is 2.16. The minimum absolute atomic E-state index is 0.0628. The molecule has 2 aliphatic heterocycles. The zero-order valence-corrected chi connectivity index (χ0v) is 11.1. The van der Waals surface area contributed by atoms with Crippen LogP contribution in [0.3, 0.4) is 0 Å². The molecule has 94 valence electrons. The molecular weight excluding hydrogens is 260 g/mol. The van der Waals surface area contributed by atoms with Gasteiger partial charge in [-0.25, -0.2) is 0 Å². The van der Waals surface area contributed by atoms with Gasteiger partial charge in [-0.15, -0.1) is 5.10 Å². The molecule has 1 amide bonds. The van der Waals surface area contributed by atoms with Crippen LogP contribution in [0.15, 0.2) is 5.10 Å². The first-order chi connectivity index (χ1) is 8.18. The highest BCUT2D eigenvalue weighted by molar-refractivity contribution is 8.15. The summed E-state index contributed by atoms with van der Waals surface area (Å²) in [4.78, 5) is 14.8. The molecule has 1 N–H and O–H groups in total. The van der Waals surface area contributed by atoms with Crippen molar-refractivity contribution in [2.75, 3.05) is 39.1 Å². The quantitative estimate of drug-likeness (QED) is 0.522. The molecule has 2 fully saturated rings. The molecule has 0 saturated carbocycles. The van der Waals surface area contributed by atoms with Crippen molar-refractivity contribution in [1.82, 2.24) is 15.2 Å². The third-order valence-corrected chi connectivity index (χ3v) is 3.90. The van der Waals surface area contributed by atoms with Crippen LogP contribution < -0.4 is 5.43 Å². The number of hydrogen-bond acceptors (Lipinski definition) is 5. The molecule has 2 heterocycles. The van der Waals surface area contributed by atoms with E-state index in [9.17, 15) is 4.79 Å². The summed E-state index contributed by atoms with van der Waals surface area (Å²) in [6, 6.07) is 0. The average Bonchev–Trinajstić information content (AvgIpc) is 2.68. The van der Waals surface area contributed by atoms with E-state index in [-0.39, 0.29) is 5.91 Å². The van der Waals surface area contributed by atoms with Gasteiger partial charge in [-0.2, -0.15) is 0 Å². The van der Waals surface area contributed by atoms with Crippen LogP contribution >= 0.6 is 24.0 Å². The van der Waals surface area contributed by atoms with E-state index in [0.717, 1.165) is 13.1 Å². The van der Waals surface area contributed by atoms with Crippen LogP contribution in [0.1, 0.15) is 0 Å². The second kappa shape index (κ2) is 5.65. The Morgan fingerprint density at radius 1 is 1.53 bits per heavy atom. The summed E-state index contributed by atoms with van der Waals surface area (Å²) in [5.41, 5.74) is 2.82.